The molecular weight excluding hydrogens is 717 g/mol. The summed E-state index contributed by atoms with van der Waals surface area (Å²) in [5, 5.41) is 10.3. The summed E-state index contributed by atoms with van der Waals surface area (Å²) in [5.41, 5.74) is 5.36. The molecular formula is C47H62N4O4S. The third-order valence-corrected chi connectivity index (χ3v) is 13.5. The molecule has 0 aliphatic carbocycles. The zero-order valence-corrected chi connectivity index (χ0v) is 34.1. The van der Waals surface area contributed by atoms with E-state index in [9.17, 15) is 13.5 Å². The number of benzene rings is 4. The summed E-state index contributed by atoms with van der Waals surface area (Å²) in [7, 11) is -3.45. The van der Waals surface area contributed by atoms with E-state index in [4.69, 9.17) is 4.18 Å². The Kier molecular flexibility index (Phi) is 13.8. The molecule has 4 saturated heterocycles. The topological polar surface area (TPSA) is 76.6 Å². The molecule has 4 heterocycles. The number of aliphatic hydroxyl groups is 1. The van der Waals surface area contributed by atoms with Gasteiger partial charge in [0.25, 0.3) is 10.1 Å². The molecule has 4 aliphatic heterocycles. The van der Waals surface area contributed by atoms with Gasteiger partial charge in [0.05, 0.1) is 19.5 Å². The largest absolute Gasteiger partial charge is 0.396 e. The van der Waals surface area contributed by atoms with Crippen molar-refractivity contribution in [2.24, 2.45) is 22.7 Å². The molecule has 9 heteroatoms. The fraction of sp³-hybridized carbons (Fsp3) is 0.489. The van der Waals surface area contributed by atoms with Crippen LogP contribution in [0.5, 0.6) is 0 Å². The van der Waals surface area contributed by atoms with E-state index in [1.54, 1.807) is 0 Å². The lowest BCUT2D eigenvalue weighted by Crippen LogP contribution is -2.51. The molecule has 56 heavy (non-hydrogen) atoms. The van der Waals surface area contributed by atoms with Crippen molar-refractivity contribution < 1.29 is 17.7 Å². The Bertz CT molecular complexity index is 1890. The van der Waals surface area contributed by atoms with Crippen molar-refractivity contribution in [1.82, 2.24) is 19.6 Å². The molecule has 4 aromatic carbocycles. The van der Waals surface area contributed by atoms with Crippen molar-refractivity contribution in [1.29, 1.82) is 0 Å². The van der Waals surface area contributed by atoms with Crippen molar-refractivity contribution >= 4 is 10.1 Å². The number of fused-ring (bicyclic) bond motifs is 2. The van der Waals surface area contributed by atoms with Crippen molar-refractivity contribution in [3.05, 3.63) is 144 Å². The maximum atomic E-state index is 11.8. The minimum Gasteiger partial charge on any atom is -0.396 e. The Morgan fingerprint density at radius 3 is 1.38 bits per heavy atom. The first kappa shape index (κ1) is 40.8. The average Bonchev–Trinajstić information content (AvgIpc) is 3.77. The molecule has 0 aromatic heterocycles. The summed E-state index contributed by atoms with van der Waals surface area (Å²) in [6.07, 6.45) is 5.57. The first-order valence-electron chi connectivity index (χ1n) is 20.7. The summed E-state index contributed by atoms with van der Waals surface area (Å²) < 4.78 is 29.0. The SMILES string of the molecule is CS(=O)(=O)OCC12CN(CCc3ccccc3)CCC1CN(Cc1ccccc1)C2.OCC12CN(CCc3ccccc3)CCC1CN(Cc1ccccc1)C2. The molecule has 0 saturated carbocycles. The number of rotatable bonds is 14. The molecule has 0 bridgehead atoms. The van der Waals surface area contributed by atoms with E-state index in [1.807, 2.05) is 12.1 Å². The second-order valence-corrected chi connectivity index (χ2v) is 18.8. The van der Waals surface area contributed by atoms with E-state index in [0.717, 1.165) is 97.5 Å². The van der Waals surface area contributed by atoms with Crippen LogP contribution in [0.1, 0.15) is 35.1 Å². The molecule has 4 unspecified atom stereocenters. The van der Waals surface area contributed by atoms with Gasteiger partial charge in [0, 0.05) is 76.3 Å². The quantitative estimate of drug-likeness (QED) is 0.155. The van der Waals surface area contributed by atoms with E-state index in [1.165, 1.54) is 35.2 Å². The minimum absolute atomic E-state index is 0.0592. The number of likely N-dealkylation sites (tertiary alicyclic amines) is 4. The van der Waals surface area contributed by atoms with Crippen LogP contribution in [0.4, 0.5) is 0 Å². The zero-order valence-electron chi connectivity index (χ0n) is 33.3. The molecule has 0 amide bonds. The van der Waals surface area contributed by atoms with Crippen LogP contribution < -0.4 is 0 Å². The molecule has 8 rings (SSSR count). The highest BCUT2D eigenvalue weighted by atomic mass is 32.2. The molecule has 4 aliphatic rings. The van der Waals surface area contributed by atoms with Gasteiger partial charge < -0.3 is 14.9 Å². The third-order valence-electron chi connectivity index (χ3n) is 12.9. The second-order valence-electron chi connectivity index (χ2n) is 17.2. The fourth-order valence-electron chi connectivity index (χ4n) is 10.00. The lowest BCUT2D eigenvalue weighted by molar-refractivity contribution is 0.0112. The van der Waals surface area contributed by atoms with Crippen molar-refractivity contribution in [3.8, 4) is 0 Å². The Balaban J connectivity index is 0.000000173. The van der Waals surface area contributed by atoms with Gasteiger partial charge in [0.15, 0.2) is 0 Å². The van der Waals surface area contributed by atoms with Gasteiger partial charge in [-0.2, -0.15) is 8.42 Å². The highest BCUT2D eigenvalue weighted by Gasteiger charge is 2.51. The molecule has 0 spiro atoms. The fourth-order valence-corrected chi connectivity index (χ4v) is 10.4. The Morgan fingerprint density at radius 2 is 0.946 bits per heavy atom. The summed E-state index contributed by atoms with van der Waals surface area (Å²) in [4.78, 5) is 10.1. The predicted molar refractivity (Wildman–Crippen MR) is 226 cm³/mol. The van der Waals surface area contributed by atoms with Crippen molar-refractivity contribution in [2.75, 3.05) is 84.9 Å². The molecule has 4 aromatic rings. The normalized spacial score (nSPS) is 26.0. The van der Waals surface area contributed by atoms with Crippen LogP contribution in [-0.4, -0.2) is 118 Å². The van der Waals surface area contributed by atoms with Crippen LogP contribution in [0, 0.1) is 22.7 Å². The average molecular weight is 779 g/mol. The van der Waals surface area contributed by atoms with E-state index >= 15 is 0 Å². The van der Waals surface area contributed by atoms with E-state index in [-0.39, 0.29) is 17.4 Å². The van der Waals surface area contributed by atoms with Gasteiger partial charge in [-0.1, -0.05) is 121 Å². The summed E-state index contributed by atoms with van der Waals surface area (Å²) >= 11 is 0. The summed E-state index contributed by atoms with van der Waals surface area (Å²) in [5.74, 6) is 1.10. The molecule has 4 atom stereocenters. The van der Waals surface area contributed by atoms with Crippen LogP contribution in [0.3, 0.4) is 0 Å². The highest BCUT2D eigenvalue weighted by molar-refractivity contribution is 7.85. The monoisotopic (exact) mass is 778 g/mol. The lowest BCUT2D eigenvalue weighted by Gasteiger charge is -2.44. The number of hydrogen-bond acceptors (Lipinski definition) is 8. The maximum absolute atomic E-state index is 11.8. The smallest absolute Gasteiger partial charge is 0.264 e. The number of piperidine rings is 2. The number of aliphatic hydroxyl groups excluding tert-OH is 1. The second kappa shape index (κ2) is 18.9. The van der Waals surface area contributed by atoms with Gasteiger partial charge in [-0.05, 0) is 72.9 Å². The first-order chi connectivity index (χ1) is 27.2. The maximum Gasteiger partial charge on any atom is 0.264 e. The minimum atomic E-state index is -3.45. The molecule has 4 fully saturated rings. The summed E-state index contributed by atoms with van der Waals surface area (Å²) in [6, 6.07) is 42.6. The van der Waals surface area contributed by atoms with Gasteiger partial charge >= 0.3 is 0 Å². The van der Waals surface area contributed by atoms with Crippen LogP contribution in [0.25, 0.3) is 0 Å². The first-order valence-corrected chi connectivity index (χ1v) is 22.5. The highest BCUT2D eigenvalue weighted by Crippen LogP contribution is 2.44. The lowest BCUT2D eigenvalue weighted by atomic mass is 9.74. The number of hydrogen-bond donors (Lipinski definition) is 1. The van der Waals surface area contributed by atoms with E-state index in [2.05, 4.69) is 129 Å². The van der Waals surface area contributed by atoms with E-state index in [0.29, 0.717) is 18.4 Å². The molecule has 0 radical (unpaired) electrons. The molecule has 8 nitrogen and oxygen atoms in total. The summed E-state index contributed by atoms with van der Waals surface area (Å²) in [6.45, 7) is 12.8. The standard InChI is InChI=1S/C24H32N2O3S.C23H30N2O/c1-30(27,28)29-20-24-18-25(14-12-21-8-4-2-5-9-21)15-13-23(24)17-26(19-24)16-22-10-6-3-7-11-22;26-19-23-17-24(13-11-20-7-3-1-4-8-20)14-12-22(23)16-25(18-23)15-21-9-5-2-6-10-21/h2-11,23H,12-20H2,1H3;1-10,22,26H,11-19H2. The third kappa shape index (κ3) is 11.0. The van der Waals surface area contributed by atoms with E-state index < -0.39 is 10.1 Å². The predicted octanol–water partition coefficient (Wildman–Crippen LogP) is 6.07. The Hall–Kier alpha value is -3.41. The number of nitrogens with zero attached hydrogens (tertiary/aromatic N) is 4. The van der Waals surface area contributed by atoms with Gasteiger partial charge in [0.2, 0.25) is 0 Å². The zero-order chi connectivity index (χ0) is 38.9. The molecule has 1 N–H and O–H groups in total. The van der Waals surface area contributed by atoms with Crippen LogP contribution in [0.15, 0.2) is 121 Å². The van der Waals surface area contributed by atoms with Crippen LogP contribution >= 0.6 is 0 Å². The van der Waals surface area contributed by atoms with Gasteiger partial charge in [-0.3, -0.25) is 14.0 Å². The van der Waals surface area contributed by atoms with Gasteiger partial charge in [-0.15, -0.1) is 0 Å². The van der Waals surface area contributed by atoms with Crippen LogP contribution in [0.2, 0.25) is 0 Å². The van der Waals surface area contributed by atoms with Crippen molar-refractivity contribution in [2.45, 2.75) is 38.8 Å². The Morgan fingerprint density at radius 1 is 0.571 bits per heavy atom. The van der Waals surface area contributed by atoms with Gasteiger partial charge in [0.1, 0.15) is 0 Å². The van der Waals surface area contributed by atoms with Crippen LogP contribution in [-0.2, 0) is 40.2 Å². The van der Waals surface area contributed by atoms with Gasteiger partial charge in [-0.25, -0.2) is 0 Å². The Labute approximate surface area is 336 Å². The van der Waals surface area contributed by atoms with Crippen molar-refractivity contribution in [3.63, 3.8) is 0 Å². The molecule has 300 valence electrons.